The maximum absolute atomic E-state index is 10.00. The Morgan fingerprint density at radius 1 is 1.32 bits per heavy atom. The van der Waals surface area contributed by atoms with Crippen LogP contribution in [0.5, 0.6) is 0 Å². The van der Waals surface area contributed by atoms with E-state index in [0.29, 0.717) is 17.0 Å². The first-order valence-electron chi connectivity index (χ1n) is 8.51. The van der Waals surface area contributed by atoms with Gasteiger partial charge in [0.1, 0.15) is 0 Å². The number of hydrogen-bond acceptors (Lipinski definition) is 3. The lowest BCUT2D eigenvalue weighted by molar-refractivity contribution is 0.402. The van der Waals surface area contributed by atoms with Gasteiger partial charge in [0.05, 0.1) is 11.4 Å². The predicted octanol–water partition coefficient (Wildman–Crippen LogP) is 5.48. The molecule has 0 saturated heterocycles. The van der Waals surface area contributed by atoms with Gasteiger partial charge in [0, 0.05) is 12.0 Å². The van der Waals surface area contributed by atoms with Crippen LogP contribution in [-0.4, -0.2) is 19.9 Å². The van der Waals surface area contributed by atoms with Crippen molar-refractivity contribution in [3.8, 4) is 5.69 Å². The molecule has 2 aromatic rings. The minimum atomic E-state index is 0.285. The highest BCUT2D eigenvalue weighted by atomic mass is 32.1. The second-order valence-electron chi connectivity index (χ2n) is 5.70. The summed E-state index contributed by atoms with van der Waals surface area (Å²) >= 11 is 5.53. The highest BCUT2D eigenvalue weighted by molar-refractivity contribution is 7.71. The Morgan fingerprint density at radius 3 is 2.48 bits per heavy atom. The van der Waals surface area contributed by atoms with Crippen LogP contribution in [0.2, 0.25) is 0 Å². The van der Waals surface area contributed by atoms with Gasteiger partial charge in [0.15, 0.2) is 10.6 Å². The van der Waals surface area contributed by atoms with Gasteiger partial charge < -0.3 is 5.11 Å². The van der Waals surface area contributed by atoms with E-state index in [1.807, 2.05) is 10.6 Å². The monoisotopic (exact) mass is 355 g/mol. The summed E-state index contributed by atoms with van der Waals surface area (Å²) in [6.07, 6.45) is 7.42. The van der Waals surface area contributed by atoms with Gasteiger partial charge in [-0.15, -0.1) is 0 Å². The van der Waals surface area contributed by atoms with Crippen LogP contribution in [0.15, 0.2) is 48.8 Å². The number of aliphatic hydroxyl groups is 1. The molecule has 0 amide bonds. The molecule has 2 N–H and O–H groups in total. The zero-order valence-corrected chi connectivity index (χ0v) is 15.9. The predicted molar refractivity (Wildman–Crippen MR) is 107 cm³/mol. The SMILES string of the molecule is C=C/C=C(\C/C(O)=C\C)c1n[nH]c(=S)n1-c1c(CC)cccc1CC. The lowest BCUT2D eigenvalue weighted by atomic mass is 10.0. The van der Waals surface area contributed by atoms with Gasteiger partial charge in [-0.1, -0.05) is 50.8 Å². The fraction of sp³-hybridized carbons (Fsp3) is 0.300. The molecule has 1 aromatic heterocycles. The third-order valence-corrected chi connectivity index (χ3v) is 4.45. The Labute approximate surface area is 154 Å². The molecular weight excluding hydrogens is 330 g/mol. The third-order valence-electron chi connectivity index (χ3n) is 4.17. The molecule has 1 heterocycles. The fourth-order valence-electron chi connectivity index (χ4n) is 2.87. The number of nitrogens with one attached hydrogen (secondary N) is 1. The summed E-state index contributed by atoms with van der Waals surface area (Å²) in [4.78, 5) is 0. The molecule has 0 aliphatic carbocycles. The molecule has 0 radical (unpaired) electrons. The maximum atomic E-state index is 10.00. The molecule has 1 aromatic carbocycles. The zero-order chi connectivity index (χ0) is 18.4. The highest BCUT2D eigenvalue weighted by Gasteiger charge is 2.18. The average Bonchev–Trinajstić information content (AvgIpc) is 3.01. The van der Waals surface area contributed by atoms with Crippen molar-refractivity contribution in [3.05, 3.63) is 70.5 Å². The second-order valence-corrected chi connectivity index (χ2v) is 6.09. The molecule has 25 heavy (non-hydrogen) atoms. The molecule has 0 spiro atoms. The van der Waals surface area contributed by atoms with Crippen molar-refractivity contribution in [2.75, 3.05) is 0 Å². The number of benzene rings is 1. The van der Waals surface area contributed by atoms with Crippen molar-refractivity contribution >= 4 is 17.8 Å². The van der Waals surface area contributed by atoms with Gasteiger partial charge in [-0.3, -0.25) is 9.67 Å². The number of nitrogens with zero attached hydrogens (tertiary/aromatic N) is 2. The standard InChI is InChI=1S/C20H25N3OS/c1-5-10-16(13-17(24)8-4)19-21-22-20(25)23(19)18-14(6-2)11-9-12-15(18)7-3/h5,8-12,24H,1,6-7,13H2,2-4H3,(H,22,25)/b16-10+,17-8+. The number of H-pyrrole nitrogens is 1. The Morgan fingerprint density at radius 2 is 1.96 bits per heavy atom. The van der Waals surface area contributed by atoms with Gasteiger partial charge in [0.25, 0.3) is 0 Å². The molecule has 0 atom stereocenters. The summed E-state index contributed by atoms with van der Waals surface area (Å²) in [7, 11) is 0. The number of hydrogen-bond donors (Lipinski definition) is 2. The summed E-state index contributed by atoms with van der Waals surface area (Å²) in [5, 5.41) is 17.3. The summed E-state index contributed by atoms with van der Waals surface area (Å²) < 4.78 is 2.52. The van der Waals surface area contributed by atoms with Gasteiger partial charge >= 0.3 is 0 Å². The van der Waals surface area contributed by atoms with E-state index in [0.717, 1.165) is 24.1 Å². The van der Waals surface area contributed by atoms with Crippen molar-refractivity contribution < 1.29 is 5.11 Å². The first kappa shape index (κ1) is 18.9. The lowest BCUT2D eigenvalue weighted by Gasteiger charge is -2.17. The van der Waals surface area contributed by atoms with Gasteiger partial charge in [0.2, 0.25) is 0 Å². The van der Waals surface area contributed by atoms with E-state index in [-0.39, 0.29) is 5.76 Å². The zero-order valence-electron chi connectivity index (χ0n) is 15.0. The summed E-state index contributed by atoms with van der Waals surface area (Å²) in [5.41, 5.74) is 4.36. The Hall–Kier alpha value is -2.40. The second kappa shape index (κ2) is 8.62. The van der Waals surface area contributed by atoms with E-state index in [2.05, 4.69) is 48.8 Å². The summed E-state index contributed by atoms with van der Waals surface area (Å²) in [6, 6.07) is 6.32. The average molecular weight is 356 g/mol. The lowest BCUT2D eigenvalue weighted by Crippen LogP contribution is -2.08. The first-order chi connectivity index (χ1) is 12.1. The van der Waals surface area contributed by atoms with Gasteiger partial charge in [-0.2, -0.15) is 5.10 Å². The molecule has 0 unspecified atom stereocenters. The van der Waals surface area contributed by atoms with Crippen molar-refractivity contribution in [3.63, 3.8) is 0 Å². The first-order valence-corrected chi connectivity index (χ1v) is 8.92. The molecule has 0 fully saturated rings. The number of aliphatic hydroxyl groups excluding tert-OH is 1. The van der Waals surface area contributed by atoms with Crippen molar-refractivity contribution in [1.82, 2.24) is 14.8 Å². The molecule has 2 rings (SSSR count). The summed E-state index contributed by atoms with van der Waals surface area (Å²) in [5.74, 6) is 0.988. The van der Waals surface area contributed by atoms with E-state index < -0.39 is 0 Å². The molecule has 0 bridgehead atoms. The third kappa shape index (κ3) is 3.99. The van der Waals surface area contributed by atoms with Crippen LogP contribution in [0.3, 0.4) is 0 Å². The van der Waals surface area contributed by atoms with Gasteiger partial charge in [-0.05, 0) is 49.2 Å². The number of aromatic nitrogens is 3. The Bertz CT molecular complexity index is 849. The quantitative estimate of drug-likeness (QED) is 0.393. The minimum Gasteiger partial charge on any atom is -0.512 e. The normalized spacial score (nSPS) is 12.4. The fourth-order valence-corrected chi connectivity index (χ4v) is 3.10. The number of para-hydroxylation sites is 1. The van der Waals surface area contributed by atoms with Crippen LogP contribution in [0, 0.1) is 4.77 Å². The number of allylic oxidation sites excluding steroid dienone is 4. The maximum Gasteiger partial charge on any atom is 0.200 e. The van der Waals surface area contributed by atoms with Crippen molar-refractivity contribution in [1.29, 1.82) is 0 Å². The van der Waals surface area contributed by atoms with E-state index in [4.69, 9.17) is 12.2 Å². The van der Waals surface area contributed by atoms with Crippen molar-refractivity contribution in [2.45, 2.75) is 40.0 Å². The van der Waals surface area contributed by atoms with E-state index in [1.54, 1.807) is 19.1 Å². The topological polar surface area (TPSA) is 53.8 Å². The molecule has 0 saturated carbocycles. The van der Waals surface area contributed by atoms with E-state index in [1.165, 1.54) is 11.1 Å². The number of aryl methyl sites for hydroxylation is 2. The molecule has 132 valence electrons. The smallest absolute Gasteiger partial charge is 0.200 e. The van der Waals surface area contributed by atoms with Crippen LogP contribution in [0.1, 0.15) is 44.1 Å². The largest absolute Gasteiger partial charge is 0.512 e. The molecular formula is C20H25N3OS. The molecule has 0 aliphatic heterocycles. The minimum absolute atomic E-state index is 0.285. The van der Waals surface area contributed by atoms with Crippen LogP contribution in [0.25, 0.3) is 11.3 Å². The molecule has 5 heteroatoms. The van der Waals surface area contributed by atoms with Crippen LogP contribution in [-0.2, 0) is 12.8 Å². The van der Waals surface area contributed by atoms with Crippen LogP contribution < -0.4 is 0 Å². The van der Waals surface area contributed by atoms with Crippen LogP contribution >= 0.6 is 12.2 Å². The molecule has 0 aliphatic rings. The Balaban J connectivity index is 2.74. The highest BCUT2D eigenvalue weighted by Crippen LogP contribution is 2.28. The Kier molecular flexibility index (Phi) is 6.53. The number of rotatable bonds is 7. The summed E-state index contributed by atoms with van der Waals surface area (Å²) in [6.45, 7) is 9.86. The van der Waals surface area contributed by atoms with E-state index in [9.17, 15) is 5.11 Å². The van der Waals surface area contributed by atoms with E-state index >= 15 is 0 Å². The van der Waals surface area contributed by atoms with Gasteiger partial charge in [-0.25, -0.2) is 0 Å². The van der Waals surface area contributed by atoms with Crippen LogP contribution in [0.4, 0.5) is 0 Å². The van der Waals surface area contributed by atoms with Crippen molar-refractivity contribution in [2.24, 2.45) is 0 Å². The molecule has 4 nitrogen and oxygen atoms in total. The number of aromatic amines is 1.